The monoisotopic (exact) mass is 370 g/mol. The van der Waals surface area contributed by atoms with Crippen molar-refractivity contribution < 1.29 is 9.21 Å². The van der Waals surface area contributed by atoms with Crippen LogP contribution in [0.15, 0.2) is 46.0 Å². The molecule has 144 valence electrons. The lowest BCUT2D eigenvalue weighted by molar-refractivity contribution is 0.188. The van der Waals surface area contributed by atoms with Crippen molar-refractivity contribution in [3.8, 4) is 11.5 Å². The molecule has 3 rings (SSSR count). The summed E-state index contributed by atoms with van der Waals surface area (Å²) in [4.78, 5) is 22.0. The van der Waals surface area contributed by atoms with Crippen LogP contribution in [0.1, 0.15) is 25.5 Å². The van der Waals surface area contributed by atoms with Crippen LogP contribution in [0.2, 0.25) is 0 Å². The summed E-state index contributed by atoms with van der Waals surface area (Å²) in [5.41, 5.74) is 7.05. The van der Waals surface area contributed by atoms with E-state index in [1.54, 1.807) is 11.2 Å². The van der Waals surface area contributed by atoms with Gasteiger partial charge in [0.15, 0.2) is 5.96 Å². The molecule has 1 aliphatic rings. The number of benzene rings is 1. The van der Waals surface area contributed by atoms with Crippen molar-refractivity contribution in [3.05, 3.63) is 42.3 Å². The average Bonchev–Trinajstić information content (AvgIpc) is 3.16. The van der Waals surface area contributed by atoms with Crippen molar-refractivity contribution in [2.45, 2.75) is 32.4 Å². The number of aromatic nitrogens is 1. The number of hydrogen-bond donors (Lipinski definition) is 3. The van der Waals surface area contributed by atoms with Gasteiger partial charge in [-0.05, 0) is 31.9 Å². The molecule has 2 heterocycles. The molecule has 4 N–H and O–H groups in total. The normalized spacial score (nSPS) is 15.6. The Morgan fingerprint density at radius 2 is 2.07 bits per heavy atom. The summed E-state index contributed by atoms with van der Waals surface area (Å²) < 4.78 is 5.56. The van der Waals surface area contributed by atoms with Crippen LogP contribution in [-0.2, 0) is 6.54 Å². The second-order valence-corrected chi connectivity index (χ2v) is 6.45. The van der Waals surface area contributed by atoms with Gasteiger partial charge in [-0.2, -0.15) is 0 Å². The van der Waals surface area contributed by atoms with Gasteiger partial charge in [0.1, 0.15) is 12.0 Å². The maximum absolute atomic E-state index is 11.2. The largest absolute Gasteiger partial charge is 0.444 e. The molecule has 8 nitrogen and oxygen atoms in total. The molecule has 2 aromatic rings. The van der Waals surface area contributed by atoms with Crippen LogP contribution in [0, 0.1) is 0 Å². The Hall–Kier alpha value is -3.03. The molecule has 27 heavy (non-hydrogen) atoms. The highest BCUT2D eigenvalue weighted by atomic mass is 16.3. The maximum atomic E-state index is 11.2. The fourth-order valence-corrected chi connectivity index (χ4v) is 3.01. The van der Waals surface area contributed by atoms with E-state index >= 15 is 0 Å². The SMILES string of the molecule is CCNC(=NCc1coc(-c2ccccc2)n1)NC1CCN(C(N)=O)CC1. The van der Waals surface area contributed by atoms with E-state index in [0.29, 0.717) is 25.5 Å². The molecule has 1 saturated heterocycles. The number of nitrogens with zero attached hydrogens (tertiary/aromatic N) is 3. The molecule has 0 unspecified atom stereocenters. The lowest BCUT2D eigenvalue weighted by atomic mass is 10.1. The smallest absolute Gasteiger partial charge is 0.314 e. The Morgan fingerprint density at radius 1 is 1.33 bits per heavy atom. The van der Waals surface area contributed by atoms with Crippen LogP contribution in [0.3, 0.4) is 0 Å². The van der Waals surface area contributed by atoms with Crippen LogP contribution in [0.5, 0.6) is 0 Å². The van der Waals surface area contributed by atoms with Gasteiger partial charge in [0.25, 0.3) is 0 Å². The predicted molar refractivity (Wildman–Crippen MR) is 104 cm³/mol. The van der Waals surface area contributed by atoms with Gasteiger partial charge in [0.05, 0.1) is 6.54 Å². The molecule has 1 aliphatic heterocycles. The quantitative estimate of drug-likeness (QED) is 0.550. The summed E-state index contributed by atoms with van der Waals surface area (Å²) in [6, 6.07) is 9.69. The van der Waals surface area contributed by atoms with Gasteiger partial charge in [-0.3, -0.25) is 0 Å². The Morgan fingerprint density at radius 3 is 2.74 bits per heavy atom. The second-order valence-electron chi connectivity index (χ2n) is 6.45. The van der Waals surface area contributed by atoms with Crippen molar-refractivity contribution in [2.75, 3.05) is 19.6 Å². The van der Waals surface area contributed by atoms with Crippen LogP contribution >= 0.6 is 0 Å². The Bertz CT molecular complexity index is 766. The van der Waals surface area contributed by atoms with E-state index in [0.717, 1.165) is 36.6 Å². The van der Waals surface area contributed by atoms with E-state index in [9.17, 15) is 4.79 Å². The number of amides is 2. The fraction of sp³-hybridized carbons (Fsp3) is 0.421. The van der Waals surface area contributed by atoms with Gasteiger partial charge in [0, 0.05) is 31.2 Å². The first-order valence-corrected chi connectivity index (χ1v) is 9.24. The highest BCUT2D eigenvalue weighted by molar-refractivity contribution is 5.80. The number of urea groups is 1. The first-order valence-electron chi connectivity index (χ1n) is 9.24. The molecule has 0 bridgehead atoms. The second kappa shape index (κ2) is 9.07. The topological polar surface area (TPSA) is 109 Å². The number of hydrogen-bond acceptors (Lipinski definition) is 4. The minimum Gasteiger partial charge on any atom is -0.444 e. The molecule has 0 atom stereocenters. The highest BCUT2D eigenvalue weighted by Gasteiger charge is 2.21. The minimum absolute atomic E-state index is 0.260. The van der Waals surface area contributed by atoms with Crippen molar-refractivity contribution in [1.82, 2.24) is 20.5 Å². The van der Waals surface area contributed by atoms with Crippen molar-refractivity contribution >= 4 is 12.0 Å². The van der Waals surface area contributed by atoms with Gasteiger partial charge in [-0.25, -0.2) is 14.8 Å². The zero-order chi connectivity index (χ0) is 19.1. The van der Waals surface area contributed by atoms with E-state index in [1.807, 2.05) is 37.3 Å². The number of carbonyl (C=O) groups excluding carboxylic acids is 1. The van der Waals surface area contributed by atoms with Gasteiger partial charge >= 0.3 is 6.03 Å². The van der Waals surface area contributed by atoms with Gasteiger partial charge < -0.3 is 25.7 Å². The molecule has 0 radical (unpaired) electrons. The van der Waals surface area contributed by atoms with Crippen molar-refractivity contribution in [1.29, 1.82) is 0 Å². The number of oxazole rings is 1. The van der Waals surface area contributed by atoms with E-state index < -0.39 is 0 Å². The number of nitrogens with two attached hydrogens (primary N) is 1. The van der Waals surface area contributed by atoms with Gasteiger partial charge in [-0.1, -0.05) is 18.2 Å². The zero-order valence-corrected chi connectivity index (χ0v) is 15.5. The predicted octanol–water partition coefficient (Wildman–Crippen LogP) is 1.94. The van der Waals surface area contributed by atoms with Gasteiger partial charge in [0.2, 0.25) is 5.89 Å². The average molecular weight is 370 g/mol. The van der Waals surface area contributed by atoms with Crippen LogP contribution in [0.4, 0.5) is 4.79 Å². The lowest BCUT2D eigenvalue weighted by Crippen LogP contribution is -2.50. The Labute approximate surface area is 158 Å². The number of piperidine rings is 1. The molecular weight excluding hydrogens is 344 g/mol. The molecule has 0 saturated carbocycles. The van der Waals surface area contributed by atoms with E-state index in [1.165, 1.54) is 0 Å². The number of guanidine groups is 1. The number of nitrogens with one attached hydrogen (secondary N) is 2. The first kappa shape index (κ1) is 18.8. The molecule has 0 spiro atoms. The fourth-order valence-electron chi connectivity index (χ4n) is 3.01. The van der Waals surface area contributed by atoms with E-state index in [2.05, 4.69) is 20.6 Å². The minimum atomic E-state index is -0.353. The highest BCUT2D eigenvalue weighted by Crippen LogP contribution is 2.18. The summed E-state index contributed by atoms with van der Waals surface area (Å²) in [6.07, 6.45) is 3.33. The molecule has 1 aromatic heterocycles. The molecule has 0 aliphatic carbocycles. The van der Waals surface area contributed by atoms with Crippen LogP contribution in [0.25, 0.3) is 11.5 Å². The molecule has 2 amide bonds. The zero-order valence-electron chi connectivity index (χ0n) is 15.5. The number of primary amides is 1. The Kier molecular flexibility index (Phi) is 6.30. The number of carbonyl (C=O) groups is 1. The van der Waals surface area contributed by atoms with Crippen molar-refractivity contribution in [2.24, 2.45) is 10.7 Å². The summed E-state index contributed by atoms with van der Waals surface area (Å²) in [5, 5.41) is 6.67. The lowest BCUT2D eigenvalue weighted by Gasteiger charge is -2.32. The summed E-state index contributed by atoms with van der Waals surface area (Å²) >= 11 is 0. The standard InChI is InChI=1S/C19H26N6O2/c1-2-21-19(24-15-8-10-25(11-9-15)18(20)26)22-12-16-13-27-17(23-16)14-6-4-3-5-7-14/h3-7,13,15H,2,8-12H2,1H3,(H2,20,26)(H2,21,22,24). The summed E-state index contributed by atoms with van der Waals surface area (Å²) in [5.74, 6) is 1.33. The summed E-state index contributed by atoms with van der Waals surface area (Å²) in [7, 11) is 0. The number of rotatable bonds is 5. The van der Waals surface area contributed by atoms with Crippen molar-refractivity contribution in [3.63, 3.8) is 0 Å². The number of likely N-dealkylation sites (tertiary alicyclic amines) is 1. The van der Waals surface area contributed by atoms with E-state index in [-0.39, 0.29) is 12.1 Å². The van der Waals surface area contributed by atoms with Crippen LogP contribution < -0.4 is 16.4 Å². The van der Waals surface area contributed by atoms with Gasteiger partial charge in [-0.15, -0.1) is 0 Å². The number of aliphatic imine (C=N–C) groups is 1. The molecule has 1 fully saturated rings. The maximum Gasteiger partial charge on any atom is 0.314 e. The molecule has 8 heteroatoms. The third kappa shape index (κ3) is 5.22. The van der Waals surface area contributed by atoms with Crippen LogP contribution in [-0.4, -0.2) is 47.6 Å². The third-order valence-electron chi connectivity index (χ3n) is 4.46. The molecule has 1 aromatic carbocycles. The third-order valence-corrected chi connectivity index (χ3v) is 4.46. The van der Waals surface area contributed by atoms with E-state index in [4.69, 9.17) is 10.2 Å². The summed E-state index contributed by atoms with van der Waals surface area (Å²) in [6.45, 7) is 4.54. The Balaban J connectivity index is 1.58. The first-order chi connectivity index (χ1) is 13.2. The molecular formula is C19H26N6O2.